The molecule has 30 heavy (non-hydrogen) atoms. The van der Waals surface area contributed by atoms with Crippen molar-refractivity contribution in [1.82, 2.24) is 0 Å². The van der Waals surface area contributed by atoms with Crippen LogP contribution in [0.1, 0.15) is 0 Å². The molecule has 0 aliphatic carbocycles. The van der Waals surface area contributed by atoms with Crippen LogP contribution in [0.2, 0.25) is 0 Å². The van der Waals surface area contributed by atoms with Crippen LogP contribution in [0, 0.1) is 0 Å². The van der Waals surface area contributed by atoms with E-state index in [4.69, 9.17) is 4.42 Å². The molecule has 7 heteroatoms. The van der Waals surface area contributed by atoms with E-state index < -0.39 is 10.1 Å². The fourth-order valence-corrected chi connectivity index (χ4v) is 4.10. The van der Waals surface area contributed by atoms with Crippen molar-refractivity contribution in [3.05, 3.63) is 83.0 Å². The number of rotatable bonds is 4. The van der Waals surface area contributed by atoms with Crippen molar-refractivity contribution < 1.29 is 17.4 Å². The minimum atomic E-state index is -4.56. The summed E-state index contributed by atoms with van der Waals surface area (Å²) in [6.07, 6.45) is 0. The molecule has 4 aromatic rings. The van der Waals surface area contributed by atoms with Gasteiger partial charge in [-0.15, -0.1) is 0 Å². The molecule has 0 saturated heterocycles. The van der Waals surface area contributed by atoms with Crippen molar-refractivity contribution in [2.45, 2.75) is 4.90 Å². The molecular formula is C23H19NO5S. The van der Waals surface area contributed by atoms with Gasteiger partial charge in [0.25, 0.3) is 10.1 Å². The molecule has 4 rings (SSSR count). The van der Waals surface area contributed by atoms with Crippen molar-refractivity contribution in [3.63, 3.8) is 0 Å². The van der Waals surface area contributed by atoms with Gasteiger partial charge in [-0.3, -0.25) is 9.35 Å². The average molecular weight is 421 g/mol. The first-order valence-electron chi connectivity index (χ1n) is 9.18. The zero-order chi connectivity index (χ0) is 21.5. The maximum absolute atomic E-state index is 13.4. The second-order valence-electron chi connectivity index (χ2n) is 7.04. The van der Waals surface area contributed by atoms with Gasteiger partial charge in [-0.1, -0.05) is 30.3 Å². The quantitative estimate of drug-likeness (QED) is 0.490. The maximum atomic E-state index is 13.4. The van der Waals surface area contributed by atoms with Crippen molar-refractivity contribution in [2.75, 3.05) is 19.0 Å². The lowest BCUT2D eigenvalue weighted by atomic mass is 9.98. The highest BCUT2D eigenvalue weighted by Crippen LogP contribution is 2.36. The third-order valence-corrected chi connectivity index (χ3v) is 5.79. The van der Waals surface area contributed by atoms with Crippen LogP contribution in [0.3, 0.4) is 0 Å². The highest BCUT2D eigenvalue weighted by Gasteiger charge is 2.24. The van der Waals surface area contributed by atoms with Crippen LogP contribution in [0.15, 0.2) is 86.9 Å². The fraction of sp³-hybridized carbons (Fsp3) is 0.0870. The summed E-state index contributed by atoms with van der Waals surface area (Å²) in [5.74, 6) is 0.236. The predicted octanol–water partition coefficient (Wildman–Crippen LogP) is 4.44. The second kappa shape index (κ2) is 7.44. The monoisotopic (exact) mass is 421 g/mol. The Bertz CT molecular complexity index is 1400. The average Bonchev–Trinajstić information content (AvgIpc) is 2.73. The first-order chi connectivity index (χ1) is 14.3. The van der Waals surface area contributed by atoms with Crippen LogP contribution in [0.5, 0.6) is 0 Å². The van der Waals surface area contributed by atoms with Gasteiger partial charge in [0.05, 0.1) is 10.9 Å². The van der Waals surface area contributed by atoms with E-state index in [9.17, 15) is 17.8 Å². The molecule has 0 unspecified atom stereocenters. The molecule has 0 radical (unpaired) electrons. The smallest absolute Gasteiger partial charge is 0.295 e. The van der Waals surface area contributed by atoms with Crippen LogP contribution in [0.25, 0.3) is 33.4 Å². The van der Waals surface area contributed by atoms with E-state index in [0.29, 0.717) is 16.5 Å². The third kappa shape index (κ3) is 3.49. The van der Waals surface area contributed by atoms with Crippen LogP contribution in [0.4, 0.5) is 5.69 Å². The fourth-order valence-electron chi connectivity index (χ4n) is 3.40. The van der Waals surface area contributed by atoms with Crippen molar-refractivity contribution >= 4 is 26.8 Å². The number of fused-ring (bicyclic) bond motifs is 1. The standard InChI is InChI=1S/C23H19NO5S/c1-24(2)16-13-11-15(12-14-16)23-21(18-8-4-6-10-20(18)30(26,27)28)22(25)17-7-3-5-9-19(17)29-23/h3-14H,1-2H3,(H,26,27,28). The number of para-hydroxylation sites is 1. The minimum Gasteiger partial charge on any atom is -0.455 e. The van der Waals surface area contributed by atoms with Gasteiger partial charge < -0.3 is 9.32 Å². The topological polar surface area (TPSA) is 87.8 Å². The van der Waals surface area contributed by atoms with Crippen molar-refractivity contribution in [3.8, 4) is 22.5 Å². The van der Waals surface area contributed by atoms with E-state index in [0.717, 1.165) is 5.69 Å². The number of anilines is 1. The summed E-state index contributed by atoms with van der Waals surface area (Å²) in [6, 6.07) is 20.0. The molecule has 0 atom stereocenters. The number of hydrogen-bond donors (Lipinski definition) is 1. The van der Waals surface area contributed by atoms with Crippen LogP contribution in [-0.4, -0.2) is 27.1 Å². The Labute approximate surface area is 173 Å². The summed E-state index contributed by atoms with van der Waals surface area (Å²) in [7, 11) is -0.725. The van der Waals surface area contributed by atoms with Gasteiger partial charge in [0, 0.05) is 30.9 Å². The summed E-state index contributed by atoms with van der Waals surface area (Å²) >= 11 is 0. The van der Waals surface area contributed by atoms with E-state index in [-0.39, 0.29) is 27.2 Å². The van der Waals surface area contributed by atoms with Gasteiger partial charge in [-0.2, -0.15) is 8.42 Å². The zero-order valence-electron chi connectivity index (χ0n) is 16.4. The molecule has 3 aromatic carbocycles. The highest BCUT2D eigenvalue weighted by molar-refractivity contribution is 7.86. The molecule has 0 amide bonds. The largest absolute Gasteiger partial charge is 0.455 e. The van der Waals surface area contributed by atoms with E-state index in [1.54, 1.807) is 30.3 Å². The Morgan fingerprint density at radius 2 is 1.50 bits per heavy atom. The van der Waals surface area contributed by atoms with E-state index in [1.807, 2.05) is 43.3 Å². The lowest BCUT2D eigenvalue weighted by Gasteiger charge is -2.15. The van der Waals surface area contributed by atoms with E-state index >= 15 is 0 Å². The molecule has 6 nitrogen and oxygen atoms in total. The Hall–Kier alpha value is -3.42. The summed E-state index contributed by atoms with van der Waals surface area (Å²) in [4.78, 5) is 15.0. The molecule has 0 bridgehead atoms. The molecule has 0 fully saturated rings. The molecule has 152 valence electrons. The van der Waals surface area contributed by atoms with Gasteiger partial charge in [-0.25, -0.2) is 0 Å². The van der Waals surface area contributed by atoms with Crippen molar-refractivity contribution in [1.29, 1.82) is 0 Å². The Morgan fingerprint density at radius 3 is 2.17 bits per heavy atom. The van der Waals surface area contributed by atoms with Crippen LogP contribution in [-0.2, 0) is 10.1 Å². The molecule has 0 aliphatic rings. The lowest BCUT2D eigenvalue weighted by molar-refractivity contribution is 0.483. The summed E-state index contributed by atoms with van der Waals surface area (Å²) < 4.78 is 39.8. The predicted molar refractivity (Wildman–Crippen MR) is 117 cm³/mol. The summed E-state index contributed by atoms with van der Waals surface area (Å²) in [6.45, 7) is 0. The second-order valence-corrected chi connectivity index (χ2v) is 8.43. The molecule has 0 saturated carbocycles. The molecule has 0 aliphatic heterocycles. The van der Waals surface area contributed by atoms with Gasteiger partial charge in [0.1, 0.15) is 16.2 Å². The molecule has 0 spiro atoms. The lowest BCUT2D eigenvalue weighted by Crippen LogP contribution is -2.11. The van der Waals surface area contributed by atoms with Gasteiger partial charge in [0.2, 0.25) is 5.43 Å². The maximum Gasteiger partial charge on any atom is 0.295 e. The third-order valence-electron chi connectivity index (χ3n) is 4.88. The van der Waals surface area contributed by atoms with Gasteiger partial charge in [-0.05, 0) is 42.5 Å². The molecular weight excluding hydrogens is 402 g/mol. The van der Waals surface area contributed by atoms with Gasteiger partial charge in [0.15, 0.2) is 0 Å². The number of nitrogens with zero attached hydrogens (tertiary/aromatic N) is 1. The Kier molecular flexibility index (Phi) is 4.93. The van der Waals surface area contributed by atoms with E-state index in [2.05, 4.69) is 0 Å². The Morgan fingerprint density at radius 1 is 0.867 bits per heavy atom. The first-order valence-corrected chi connectivity index (χ1v) is 10.6. The van der Waals surface area contributed by atoms with Gasteiger partial charge >= 0.3 is 0 Å². The SMILES string of the molecule is CN(C)c1ccc(-c2oc3ccccc3c(=O)c2-c2ccccc2S(=O)(=O)O)cc1. The minimum absolute atomic E-state index is 0.0829. The molecule has 1 N–H and O–H groups in total. The summed E-state index contributed by atoms with van der Waals surface area (Å²) in [5, 5.41) is 0.325. The van der Waals surface area contributed by atoms with E-state index in [1.165, 1.54) is 18.2 Å². The number of benzene rings is 3. The van der Waals surface area contributed by atoms with Crippen molar-refractivity contribution in [2.24, 2.45) is 0 Å². The van der Waals surface area contributed by atoms with Crippen LogP contribution < -0.4 is 10.3 Å². The number of hydrogen-bond acceptors (Lipinski definition) is 5. The highest BCUT2D eigenvalue weighted by atomic mass is 32.2. The summed E-state index contributed by atoms with van der Waals surface area (Å²) in [5.41, 5.74) is 1.76. The Balaban J connectivity index is 2.11. The molecule has 1 heterocycles. The zero-order valence-corrected chi connectivity index (χ0v) is 17.2. The van der Waals surface area contributed by atoms with Crippen LogP contribution >= 0.6 is 0 Å². The normalized spacial score (nSPS) is 11.6. The molecule has 1 aromatic heterocycles. The first kappa shape index (κ1) is 19.9.